The molecule has 0 bridgehead atoms. The van der Waals surface area contributed by atoms with Crippen LogP contribution in [0, 0.1) is 0 Å². The van der Waals surface area contributed by atoms with E-state index in [0.717, 1.165) is 12.8 Å². The molecule has 0 unspecified atom stereocenters. The Morgan fingerprint density at radius 2 is 2.07 bits per heavy atom. The summed E-state index contributed by atoms with van der Waals surface area (Å²) in [5, 5.41) is 4.33. The Morgan fingerprint density at radius 1 is 1.33 bits per heavy atom. The highest BCUT2D eigenvalue weighted by Gasteiger charge is 2.09. The second-order valence-corrected chi connectivity index (χ2v) is 4.05. The zero-order valence-corrected chi connectivity index (χ0v) is 10.2. The Labute approximate surface area is 92.4 Å². The lowest BCUT2D eigenvalue weighted by atomic mass is 10.2. The van der Waals surface area contributed by atoms with Gasteiger partial charge in [-0.2, -0.15) is 5.10 Å². The monoisotopic (exact) mass is 210 g/mol. The molecule has 1 heterocycles. The number of nitrogens with zero attached hydrogens (tertiary/aromatic N) is 2. The van der Waals surface area contributed by atoms with Gasteiger partial charge in [0, 0.05) is 12.2 Å². The van der Waals surface area contributed by atoms with Crippen LogP contribution in [0.3, 0.4) is 0 Å². The Bertz CT molecular complexity index is 283. The summed E-state index contributed by atoms with van der Waals surface area (Å²) < 4.78 is 7.77. The minimum absolute atomic E-state index is 0.324. The zero-order valence-electron chi connectivity index (χ0n) is 10.2. The van der Waals surface area contributed by atoms with Gasteiger partial charge in [0.2, 0.25) is 0 Å². The number of ether oxygens (including phenoxy) is 1. The molecule has 0 N–H and O–H groups in total. The van der Waals surface area contributed by atoms with E-state index in [2.05, 4.69) is 37.5 Å². The van der Waals surface area contributed by atoms with Crippen LogP contribution < -0.4 is 0 Å². The molecule has 0 aliphatic carbocycles. The molecule has 1 aromatic rings. The summed E-state index contributed by atoms with van der Waals surface area (Å²) in [6.07, 6.45) is 4.32. The van der Waals surface area contributed by atoms with E-state index in [1.165, 1.54) is 5.69 Å². The Hall–Kier alpha value is -0.830. The molecule has 0 aromatic carbocycles. The normalized spacial score (nSPS) is 15.2. The lowest BCUT2D eigenvalue weighted by Gasteiger charge is -2.15. The molecule has 0 saturated heterocycles. The molecule has 1 aromatic heterocycles. The van der Waals surface area contributed by atoms with E-state index in [0.29, 0.717) is 18.8 Å². The molecule has 15 heavy (non-hydrogen) atoms. The predicted octanol–water partition coefficient (Wildman–Crippen LogP) is 3.17. The highest BCUT2D eigenvalue weighted by Crippen LogP contribution is 2.13. The number of aromatic nitrogens is 2. The van der Waals surface area contributed by atoms with Crippen LogP contribution in [0.2, 0.25) is 0 Å². The van der Waals surface area contributed by atoms with Crippen LogP contribution >= 0.6 is 0 Å². The molecule has 0 aliphatic rings. The predicted molar refractivity (Wildman–Crippen MR) is 61.8 cm³/mol. The summed E-state index contributed by atoms with van der Waals surface area (Å²) in [6, 6.07) is 2.49. The van der Waals surface area contributed by atoms with Crippen LogP contribution in [0.25, 0.3) is 0 Å². The van der Waals surface area contributed by atoms with Gasteiger partial charge in [0.25, 0.3) is 0 Å². The molecular weight excluding hydrogens is 188 g/mol. The van der Waals surface area contributed by atoms with Crippen molar-refractivity contribution in [3.8, 4) is 0 Å². The maximum absolute atomic E-state index is 5.71. The van der Waals surface area contributed by atoms with Crippen molar-refractivity contribution in [2.75, 3.05) is 0 Å². The van der Waals surface area contributed by atoms with Crippen molar-refractivity contribution < 1.29 is 4.74 Å². The second-order valence-electron chi connectivity index (χ2n) is 4.05. The fourth-order valence-electron chi connectivity index (χ4n) is 1.37. The van der Waals surface area contributed by atoms with Gasteiger partial charge in [-0.3, -0.25) is 4.68 Å². The Kier molecular flexibility index (Phi) is 4.82. The molecule has 0 aliphatic heterocycles. The first-order valence-corrected chi connectivity index (χ1v) is 5.83. The summed E-state index contributed by atoms with van der Waals surface area (Å²) in [4.78, 5) is 0. The zero-order chi connectivity index (χ0) is 11.3. The van der Waals surface area contributed by atoms with Crippen LogP contribution in [-0.4, -0.2) is 15.9 Å². The van der Waals surface area contributed by atoms with E-state index in [1.54, 1.807) is 0 Å². The van der Waals surface area contributed by atoms with E-state index >= 15 is 0 Å². The van der Waals surface area contributed by atoms with Crippen LogP contribution in [0.15, 0.2) is 12.3 Å². The number of hydrogen-bond acceptors (Lipinski definition) is 2. The third kappa shape index (κ3) is 3.34. The average molecular weight is 210 g/mol. The van der Waals surface area contributed by atoms with Crippen molar-refractivity contribution in [3.63, 3.8) is 0 Å². The summed E-state index contributed by atoms with van der Waals surface area (Å²) in [5.41, 5.74) is 1.17. The largest absolute Gasteiger partial charge is 0.372 e. The van der Waals surface area contributed by atoms with Gasteiger partial charge in [0.15, 0.2) is 0 Å². The Balaban J connectivity index is 2.57. The molecule has 86 valence electrons. The Morgan fingerprint density at radius 3 is 2.67 bits per heavy atom. The first-order valence-electron chi connectivity index (χ1n) is 5.83. The van der Waals surface area contributed by atoms with E-state index in [1.807, 2.05) is 12.3 Å². The summed E-state index contributed by atoms with van der Waals surface area (Å²) in [5.74, 6) is 0. The van der Waals surface area contributed by atoms with Gasteiger partial charge in [-0.05, 0) is 32.8 Å². The third-order valence-corrected chi connectivity index (χ3v) is 2.85. The van der Waals surface area contributed by atoms with Gasteiger partial charge >= 0.3 is 0 Å². The quantitative estimate of drug-likeness (QED) is 0.721. The van der Waals surface area contributed by atoms with E-state index in [4.69, 9.17) is 4.74 Å². The maximum atomic E-state index is 5.71. The fraction of sp³-hybridized carbons (Fsp3) is 0.750. The number of hydrogen-bond donors (Lipinski definition) is 0. The van der Waals surface area contributed by atoms with Crippen molar-refractivity contribution in [2.45, 2.75) is 59.3 Å². The van der Waals surface area contributed by atoms with E-state index < -0.39 is 0 Å². The van der Waals surface area contributed by atoms with Crippen LogP contribution in [-0.2, 0) is 11.3 Å². The van der Waals surface area contributed by atoms with Crippen molar-refractivity contribution in [1.29, 1.82) is 0 Å². The van der Waals surface area contributed by atoms with Gasteiger partial charge in [-0.1, -0.05) is 13.8 Å². The molecule has 0 spiro atoms. The topological polar surface area (TPSA) is 27.1 Å². The molecular formula is C12H22N2O. The molecule has 2 atom stereocenters. The SMILES string of the molecule is CC[C@@H](C)OCc1ccnn1[C@@H](C)CC. The van der Waals surface area contributed by atoms with Gasteiger partial charge in [0.1, 0.15) is 0 Å². The van der Waals surface area contributed by atoms with Crippen molar-refractivity contribution >= 4 is 0 Å². The molecule has 0 amide bonds. The minimum Gasteiger partial charge on any atom is -0.372 e. The highest BCUT2D eigenvalue weighted by atomic mass is 16.5. The molecule has 0 fully saturated rings. The van der Waals surface area contributed by atoms with Crippen molar-refractivity contribution in [1.82, 2.24) is 9.78 Å². The van der Waals surface area contributed by atoms with Crippen LogP contribution in [0.1, 0.15) is 52.3 Å². The first kappa shape index (κ1) is 12.2. The molecule has 1 rings (SSSR count). The number of rotatable bonds is 6. The molecule has 3 nitrogen and oxygen atoms in total. The molecule has 0 radical (unpaired) electrons. The lowest BCUT2D eigenvalue weighted by molar-refractivity contribution is 0.0459. The molecule has 3 heteroatoms. The van der Waals surface area contributed by atoms with Crippen LogP contribution in [0.4, 0.5) is 0 Å². The first-order chi connectivity index (χ1) is 7.19. The smallest absolute Gasteiger partial charge is 0.0888 e. The molecule has 0 saturated carbocycles. The second kappa shape index (κ2) is 5.91. The van der Waals surface area contributed by atoms with Crippen molar-refractivity contribution in [3.05, 3.63) is 18.0 Å². The van der Waals surface area contributed by atoms with Gasteiger partial charge in [-0.15, -0.1) is 0 Å². The summed E-state index contributed by atoms with van der Waals surface area (Å²) in [6.45, 7) is 9.26. The third-order valence-electron chi connectivity index (χ3n) is 2.85. The average Bonchev–Trinajstić information content (AvgIpc) is 2.72. The van der Waals surface area contributed by atoms with Crippen molar-refractivity contribution in [2.24, 2.45) is 0 Å². The van der Waals surface area contributed by atoms with Crippen LogP contribution in [0.5, 0.6) is 0 Å². The van der Waals surface area contributed by atoms with Gasteiger partial charge in [0.05, 0.1) is 18.4 Å². The fourth-order valence-corrected chi connectivity index (χ4v) is 1.37. The van der Waals surface area contributed by atoms with E-state index in [-0.39, 0.29) is 0 Å². The maximum Gasteiger partial charge on any atom is 0.0888 e. The van der Waals surface area contributed by atoms with Gasteiger partial charge in [-0.25, -0.2) is 0 Å². The van der Waals surface area contributed by atoms with Gasteiger partial charge < -0.3 is 4.74 Å². The van der Waals surface area contributed by atoms with E-state index in [9.17, 15) is 0 Å². The standard InChI is InChI=1S/C12H22N2O/c1-5-10(3)14-12(7-8-13-14)9-15-11(4)6-2/h7-8,10-11H,5-6,9H2,1-4H3/t10-,11+/m0/s1. The summed E-state index contributed by atoms with van der Waals surface area (Å²) >= 11 is 0. The minimum atomic E-state index is 0.324. The summed E-state index contributed by atoms with van der Waals surface area (Å²) in [7, 11) is 0. The highest BCUT2D eigenvalue weighted by molar-refractivity contribution is 5.00. The lowest BCUT2D eigenvalue weighted by Crippen LogP contribution is -2.13.